The van der Waals surface area contributed by atoms with E-state index in [2.05, 4.69) is 4.98 Å². The monoisotopic (exact) mass is 232 g/mol. The van der Waals surface area contributed by atoms with Crippen molar-refractivity contribution in [3.05, 3.63) is 29.6 Å². The van der Waals surface area contributed by atoms with Gasteiger partial charge < -0.3 is 0 Å². The first kappa shape index (κ1) is 12.1. The number of pyridine rings is 1. The Labute approximate surface area is 88.4 Å². The standard InChI is InChI=1S/C9H13FN2O2S/c1-6(10)9-8(4-3-5-12-9)7(2)15(11,13)14/h3-7H,1-2H3,(H2,11,13,14)/t6-,7?/m1/s1. The van der Waals surface area contributed by atoms with Crippen molar-refractivity contribution in [1.82, 2.24) is 4.98 Å². The summed E-state index contributed by atoms with van der Waals surface area (Å²) < 4.78 is 35.4. The SMILES string of the molecule is CC(c1cccnc1[C@@H](C)F)S(N)(=O)=O. The molecule has 1 rings (SSSR count). The molecular weight excluding hydrogens is 219 g/mol. The van der Waals surface area contributed by atoms with Crippen LogP contribution in [0.2, 0.25) is 0 Å². The highest BCUT2D eigenvalue weighted by Gasteiger charge is 2.23. The summed E-state index contributed by atoms with van der Waals surface area (Å²) in [6.45, 7) is 2.72. The topological polar surface area (TPSA) is 73.0 Å². The van der Waals surface area contributed by atoms with Crippen molar-refractivity contribution >= 4 is 10.0 Å². The molecule has 1 aromatic rings. The summed E-state index contributed by atoms with van der Waals surface area (Å²) in [5.41, 5.74) is 0.439. The Balaban J connectivity index is 3.26. The fourth-order valence-electron chi connectivity index (χ4n) is 1.28. The third kappa shape index (κ3) is 2.73. The molecule has 1 aromatic heterocycles. The molecule has 0 aromatic carbocycles. The third-order valence-corrected chi connectivity index (χ3v) is 3.42. The fourth-order valence-corrected chi connectivity index (χ4v) is 1.84. The van der Waals surface area contributed by atoms with E-state index in [0.29, 0.717) is 5.56 Å². The number of nitrogens with zero attached hydrogens (tertiary/aromatic N) is 1. The van der Waals surface area contributed by atoms with Gasteiger partial charge in [-0.2, -0.15) is 0 Å². The fraction of sp³-hybridized carbons (Fsp3) is 0.444. The van der Waals surface area contributed by atoms with E-state index in [9.17, 15) is 12.8 Å². The average Bonchev–Trinajstić information content (AvgIpc) is 2.15. The summed E-state index contributed by atoms with van der Waals surface area (Å²) in [5, 5.41) is 4.06. The number of alkyl halides is 1. The minimum Gasteiger partial charge on any atom is -0.258 e. The maximum absolute atomic E-state index is 13.1. The number of sulfonamides is 1. The summed E-state index contributed by atoms with van der Waals surface area (Å²) in [4.78, 5) is 3.82. The van der Waals surface area contributed by atoms with Gasteiger partial charge in [-0.25, -0.2) is 17.9 Å². The molecule has 2 N–H and O–H groups in total. The highest BCUT2D eigenvalue weighted by molar-refractivity contribution is 7.89. The second kappa shape index (κ2) is 4.24. The predicted molar refractivity (Wildman–Crippen MR) is 55.3 cm³/mol. The van der Waals surface area contributed by atoms with Gasteiger partial charge in [0.05, 0.1) is 10.9 Å². The van der Waals surface area contributed by atoms with Gasteiger partial charge in [-0.15, -0.1) is 0 Å². The maximum atomic E-state index is 13.1. The molecule has 0 saturated heterocycles. The average molecular weight is 232 g/mol. The lowest BCUT2D eigenvalue weighted by atomic mass is 10.1. The van der Waals surface area contributed by atoms with Crippen molar-refractivity contribution in [3.63, 3.8) is 0 Å². The number of aromatic nitrogens is 1. The lowest BCUT2D eigenvalue weighted by molar-refractivity contribution is 0.363. The summed E-state index contributed by atoms with van der Waals surface area (Å²) in [7, 11) is -3.72. The summed E-state index contributed by atoms with van der Waals surface area (Å²) >= 11 is 0. The molecule has 1 heterocycles. The molecule has 0 aliphatic rings. The van der Waals surface area contributed by atoms with Gasteiger partial charge in [-0.05, 0) is 25.5 Å². The van der Waals surface area contributed by atoms with E-state index in [1.54, 1.807) is 6.07 Å². The van der Waals surface area contributed by atoms with Gasteiger partial charge in [0.25, 0.3) is 0 Å². The first-order valence-corrected chi connectivity index (χ1v) is 6.05. The Hall–Kier alpha value is -1.01. The van der Waals surface area contributed by atoms with Gasteiger partial charge in [0.15, 0.2) is 0 Å². The number of nitrogens with two attached hydrogens (primary N) is 1. The molecule has 0 radical (unpaired) electrons. The molecule has 4 nitrogen and oxygen atoms in total. The van der Waals surface area contributed by atoms with Crippen LogP contribution in [0.15, 0.2) is 18.3 Å². The van der Waals surface area contributed by atoms with Gasteiger partial charge >= 0.3 is 0 Å². The van der Waals surface area contributed by atoms with Crippen LogP contribution in [0.1, 0.15) is 36.5 Å². The Morgan fingerprint density at radius 3 is 2.53 bits per heavy atom. The lowest BCUT2D eigenvalue weighted by Crippen LogP contribution is -2.20. The first-order chi connectivity index (χ1) is 6.84. The van der Waals surface area contributed by atoms with E-state index in [0.717, 1.165) is 0 Å². The Morgan fingerprint density at radius 2 is 2.07 bits per heavy atom. The first-order valence-electron chi connectivity index (χ1n) is 4.44. The molecule has 84 valence electrons. The number of rotatable bonds is 3. The second-order valence-corrected chi connectivity index (χ2v) is 5.21. The van der Waals surface area contributed by atoms with Crippen LogP contribution in [0, 0.1) is 0 Å². The largest absolute Gasteiger partial charge is 0.258 e. The zero-order chi connectivity index (χ0) is 11.6. The molecule has 6 heteroatoms. The van der Waals surface area contributed by atoms with Crippen LogP contribution in [-0.4, -0.2) is 13.4 Å². The van der Waals surface area contributed by atoms with E-state index in [4.69, 9.17) is 5.14 Å². The number of halogens is 1. The molecule has 0 amide bonds. The minimum absolute atomic E-state index is 0.124. The highest BCUT2D eigenvalue weighted by atomic mass is 32.2. The second-order valence-electron chi connectivity index (χ2n) is 3.33. The van der Waals surface area contributed by atoms with E-state index in [1.165, 1.54) is 26.1 Å². The molecule has 15 heavy (non-hydrogen) atoms. The molecule has 1 unspecified atom stereocenters. The van der Waals surface area contributed by atoms with Gasteiger partial charge in [-0.1, -0.05) is 6.07 Å². The van der Waals surface area contributed by atoms with Gasteiger partial charge in [0, 0.05) is 6.20 Å². The molecule has 0 saturated carbocycles. The minimum atomic E-state index is -3.72. The van der Waals surface area contributed by atoms with Crippen LogP contribution < -0.4 is 5.14 Å². The van der Waals surface area contributed by atoms with E-state index < -0.39 is 21.4 Å². The van der Waals surface area contributed by atoms with Gasteiger partial charge in [0.1, 0.15) is 6.17 Å². The van der Waals surface area contributed by atoms with Gasteiger partial charge in [0.2, 0.25) is 10.0 Å². The molecule has 0 fully saturated rings. The van der Waals surface area contributed by atoms with E-state index in [1.807, 2.05) is 0 Å². The molecular formula is C9H13FN2O2S. The van der Waals surface area contributed by atoms with E-state index in [-0.39, 0.29) is 5.69 Å². The van der Waals surface area contributed by atoms with Crippen molar-refractivity contribution in [2.45, 2.75) is 25.3 Å². The smallest absolute Gasteiger partial charge is 0.215 e. The van der Waals surface area contributed by atoms with Crippen LogP contribution in [-0.2, 0) is 10.0 Å². The van der Waals surface area contributed by atoms with E-state index >= 15 is 0 Å². The zero-order valence-electron chi connectivity index (χ0n) is 8.51. The summed E-state index contributed by atoms with van der Waals surface area (Å²) in [5.74, 6) is 0. The van der Waals surface area contributed by atoms with Crippen molar-refractivity contribution in [2.24, 2.45) is 5.14 Å². The van der Waals surface area contributed by atoms with Crippen LogP contribution in [0.5, 0.6) is 0 Å². The van der Waals surface area contributed by atoms with Crippen molar-refractivity contribution in [2.75, 3.05) is 0 Å². The maximum Gasteiger partial charge on any atom is 0.215 e. The van der Waals surface area contributed by atoms with Crippen LogP contribution in [0.4, 0.5) is 4.39 Å². The highest BCUT2D eigenvalue weighted by Crippen LogP contribution is 2.27. The van der Waals surface area contributed by atoms with Crippen LogP contribution >= 0.6 is 0 Å². The zero-order valence-corrected chi connectivity index (χ0v) is 9.33. The Kier molecular flexibility index (Phi) is 3.41. The summed E-state index contributed by atoms with van der Waals surface area (Å²) in [6, 6.07) is 3.08. The van der Waals surface area contributed by atoms with Crippen LogP contribution in [0.3, 0.4) is 0 Å². The third-order valence-electron chi connectivity index (χ3n) is 2.18. The predicted octanol–water partition coefficient (Wildman–Crippen LogP) is 1.46. The summed E-state index contributed by atoms with van der Waals surface area (Å²) in [6.07, 6.45) is 0.107. The molecule has 0 aliphatic carbocycles. The number of hydrogen-bond acceptors (Lipinski definition) is 3. The van der Waals surface area contributed by atoms with Gasteiger partial charge in [-0.3, -0.25) is 4.98 Å². The quantitative estimate of drug-likeness (QED) is 0.857. The molecule has 2 atom stereocenters. The van der Waals surface area contributed by atoms with Crippen molar-refractivity contribution in [3.8, 4) is 0 Å². The normalized spacial score (nSPS) is 16.0. The Morgan fingerprint density at radius 1 is 1.47 bits per heavy atom. The number of hydrogen-bond donors (Lipinski definition) is 1. The van der Waals surface area contributed by atoms with Crippen molar-refractivity contribution < 1.29 is 12.8 Å². The number of primary sulfonamides is 1. The van der Waals surface area contributed by atoms with Crippen LogP contribution in [0.25, 0.3) is 0 Å². The molecule has 0 aliphatic heterocycles. The molecule has 0 bridgehead atoms. The van der Waals surface area contributed by atoms with Crippen molar-refractivity contribution in [1.29, 1.82) is 0 Å². The lowest BCUT2D eigenvalue weighted by Gasteiger charge is -2.14. The molecule has 0 spiro atoms. The Bertz CT molecular complexity index is 445.